The zero-order chi connectivity index (χ0) is 12.8. The van der Waals surface area contributed by atoms with Crippen LogP contribution in [0.25, 0.3) is 0 Å². The van der Waals surface area contributed by atoms with Gasteiger partial charge in [-0.15, -0.1) is 0 Å². The van der Waals surface area contributed by atoms with E-state index in [1.807, 2.05) is 0 Å². The summed E-state index contributed by atoms with van der Waals surface area (Å²) < 4.78 is 55.7. The van der Waals surface area contributed by atoms with Crippen LogP contribution in [0.1, 0.15) is 10.4 Å². The Morgan fingerprint density at radius 3 is 2.25 bits per heavy atom. The molecule has 0 radical (unpaired) electrons. The molecule has 0 unspecified atom stereocenters. The zero-order valence-corrected chi connectivity index (χ0v) is 8.04. The quantitative estimate of drug-likeness (QED) is 0.427. The average molecular weight is 243 g/mol. The summed E-state index contributed by atoms with van der Waals surface area (Å²) in [7, 11) is -4.75. The third-order valence-corrected chi connectivity index (χ3v) is 1.19. The average Bonchev–Trinajstić information content (AvgIpc) is 2.14. The summed E-state index contributed by atoms with van der Waals surface area (Å²) in [5.41, 5.74) is 0.192. The van der Waals surface area contributed by atoms with Crippen LogP contribution in [0, 0.1) is 0 Å². The smallest absolute Gasteiger partial charge is 0.465 e. The predicted molar refractivity (Wildman–Crippen MR) is 44.7 cm³/mol. The van der Waals surface area contributed by atoms with E-state index in [0.717, 1.165) is 6.20 Å². The second-order valence-corrected chi connectivity index (χ2v) is 2.42. The fourth-order valence-electron chi connectivity index (χ4n) is 0.686. The number of aromatic nitrogens is 1. The minimum atomic E-state index is -6.00. The number of methoxy groups -OCH3 is 1. The minimum Gasteiger partial charge on any atom is -0.465 e. The van der Waals surface area contributed by atoms with Crippen LogP contribution >= 0.6 is 0 Å². The van der Waals surface area contributed by atoms with Crippen molar-refractivity contribution in [3.05, 3.63) is 30.1 Å². The predicted octanol–water partition coefficient (Wildman–Crippen LogP) is 1.79. The molecule has 0 amide bonds. The van der Waals surface area contributed by atoms with Gasteiger partial charge >= 0.3 is 13.2 Å². The van der Waals surface area contributed by atoms with Crippen LogP contribution in [0.4, 0.5) is 21.7 Å². The van der Waals surface area contributed by atoms with Crippen molar-refractivity contribution in [2.75, 3.05) is 7.11 Å². The van der Waals surface area contributed by atoms with Crippen molar-refractivity contribution in [3.8, 4) is 0 Å². The summed E-state index contributed by atoms with van der Waals surface area (Å²) in [4.78, 5) is 11.1. The van der Waals surface area contributed by atoms with E-state index >= 15 is 0 Å². The van der Waals surface area contributed by atoms with Gasteiger partial charge in [-0.1, -0.05) is 0 Å². The molecule has 0 saturated heterocycles. The fourth-order valence-corrected chi connectivity index (χ4v) is 0.686. The van der Waals surface area contributed by atoms with Gasteiger partial charge in [0.15, 0.2) is 0 Å². The lowest BCUT2D eigenvalue weighted by Gasteiger charge is -1.94. The highest BCUT2D eigenvalue weighted by Crippen LogP contribution is 2.06. The number of nitrogens with zero attached hydrogens (tertiary/aromatic N) is 1. The third kappa shape index (κ3) is 7.71. The molecule has 0 N–H and O–H groups in total. The fraction of sp³-hybridized carbons (Fsp3) is 0.143. The molecule has 0 spiro atoms. The highest BCUT2D eigenvalue weighted by Gasteiger charge is 2.20. The third-order valence-electron chi connectivity index (χ3n) is 1.19. The molecule has 0 aliphatic carbocycles. The van der Waals surface area contributed by atoms with Gasteiger partial charge in [-0.2, -0.15) is 0 Å². The number of hydrogen-bond donors (Lipinski definition) is 0. The number of carbonyl (C=O) groups is 1. The van der Waals surface area contributed by atoms with E-state index < -0.39 is 13.2 Å². The Hall–Kier alpha value is -1.67. The topological polar surface area (TPSA) is 30.2 Å². The van der Waals surface area contributed by atoms with Gasteiger partial charge in [0, 0.05) is 10.9 Å². The van der Waals surface area contributed by atoms with Gasteiger partial charge in [0.1, 0.15) is 5.56 Å². The van der Waals surface area contributed by atoms with Crippen LogP contribution in [-0.2, 0) is 4.74 Å². The molecule has 9 heteroatoms. The van der Waals surface area contributed by atoms with Gasteiger partial charge in [-0.3, -0.25) is 0 Å². The first-order valence-electron chi connectivity index (χ1n) is 3.87. The van der Waals surface area contributed by atoms with Crippen LogP contribution in [-0.4, -0.2) is 20.3 Å². The number of ether oxygens (including phenoxy) is 1. The number of hydrogen-bond acceptors (Lipinski definition) is 2. The molecule has 1 aromatic heterocycles. The molecule has 0 atom stereocenters. The number of halogens is 5. The maximum absolute atomic E-state index is 12.4. The normalized spacial score (nSPS) is 10.1. The maximum Gasteiger partial charge on any atom is 0.673 e. The maximum atomic E-state index is 12.4. The molecular weight excluding hydrogens is 236 g/mol. The first-order chi connectivity index (χ1) is 7.24. The van der Waals surface area contributed by atoms with Gasteiger partial charge in [0.2, 0.25) is 12.4 Å². The minimum absolute atomic E-state index is 0.192. The molecular formula is C7H7BF5NO2. The highest BCUT2D eigenvalue weighted by molar-refractivity contribution is 6.50. The standard InChI is InChI=1S/C7H7FNO2.BF4/c1-11-7(10)6-3-2-4-9(8)5-6;2-1(3,4)5/h2-5H,1H3;/q+1;-1. The van der Waals surface area contributed by atoms with Crippen LogP contribution in [0.15, 0.2) is 24.5 Å². The molecule has 90 valence electrons. The largest absolute Gasteiger partial charge is 0.673 e. The zero-order valence-electron chi connectivity index (χ0n) is 8.04. The van der Waals surface area contributed by atoms with Gasteiger partial charge < -0.3 is 22.0 Å². The number of rotatable bonds is 1. The molecule has 1 rings (SSSR count). The lowest BCUT2D eigenvalue weighted by molar-refractivity contribution is -0.844. The Bertz CT molecular complexity index is 351. The number of pyridine rings is 1. The van der Waals surface area contributed by atoms with Crippen LogP contribution < -0.4 is 4.79 Å². The first-order valence-corrected chi connectivity index (χ1v) is 3.87. The van der Waals surface area contributed by atoms with E-state index in [9.17, 15) is 26.5 Å². The van der Waals surface area contributed by atoms with Crippen molar-refractivity contribution in [1.82, 2.24) is 0 Å². The van der Waals surface area contributed by atoms with Crippen LogP contribution in [0.5, 0.6) is 0 Å². The van der Waals surface area contributed by atoms with Crippen molar-refractivity contribution in [3.63, 3.8) is 0 Å². The van der Waals surface area contributed by atoms with E-state index in [1.54, 1.807) is 0 Å². The van der Waals surface area contributed by atoms with E-state index in [1.165, 1.54) is 25.4 Å². The first kappa shape index (κ1) is 14.3. The van der Waals surface area contributed by atoms with Crippen molar-refractivity contribution in [1.29, 1.82) is 0 Å². The van der Waals surface area contributed by atoms with E-state index in [0.29, 0.717) is 4.79 Å². The summed E-state index contributed by atoms with van der Waals surface area (Å²) in [5.74, 6) is -0.544. The highest BCUT2D eigenvalue weighted by atomic mass is 19.5. The van der Waals surface area contributed by atoms with Crippen LogP contribution in [0.2, 0.25) is 0 Å². The molecule has 1 aromatic rings. The Kier molecular flexibility index (Phi) is 5.41. The number of carbonyl (C=O) groups excluding carboxylic acids is 1. The van der Waals surface area contributed by atoms with Gasteiger partial charge in [-0.05, 0) is 6.07 Å². The summed E-state index contributed by atoms with van der Waals surface area (Å²) in [6, 6.07) is 2.90. The summed E-state index contributed by atoms with van der Waals surface area (Å²) >= 11 is 0. The Morgan fingerprint density at radius 1 is 1.38 bits per heavy atom. The summed E-state index contributed by atoms with van der Waals surface area (Å²) in [5, 5.41) is 0. The second kappa shape index (κ2) is 6.04. The van der Waals surface area contributed by atoms with Crippen molar-refractivity contribution < 1.29 is 36.1 Å². The Labute approximate surface area is 87.5 Å². The summed E-state index contributed by atoms with van der Waals surface area (Å²) in [6.45, 7) is 0. The summed E-state index contributed by atoms with van der Waals surface area (Å²) in [6.07, 6.45) is 2.23. The molecule has 0 aliphatic rings. The van der Waals surface area contributed by atoms with Gasteiger partial charge in [0.05, 0.1) is 11.6 Å². The van der Waals surface area contributed by atoms with E-state index in [4.69, 9.17) is 0 Å². The molecule has 16 heavy (non-hydrogen) atoms. The lowest BCUT2D eigenvalue weighted by atomic mass is 10.3. The van der Waals surface area contributed by atoms with Crippen molar-refractivity contribution in [2.24, 2.45) is 0 Å². The van der Waals surface area contributed by atoms with E-state index in [2.05, 4.69) is 4.74 Å². The monoisotopic (exact) mass is 243 g/mol. The van der Waals surface area contributed by atoms with Gasteiger partial charge in [-0.25, -0.2) is 4.79 Å². The Morgan fingerprint density at radius 2 is 1.88 bits per heavy atom. The molecule has 0 fully saturated rings. The Balaban J connectivity index is 0.000000385. The number of esters is 1. The van der Waals surface area contributed by atoms with Crippen molar-refractivity contribution >= 4 is 13.2 Å². The molecule has 0 bridgehead atoms. The molecule has 0 aliphatic heterocycles. The molecule has 0 aromatic carbocycles. The van der Waals surface area contributed by atoms with Crippen molar-refractivity contribution in [2.45, 2.75) is 0 Å². The SMILES string of the molecule is COC(=O)c1ccc[n+](F)c1.F[B-](F)(F)F. The van der Waals surface area contributed by atoms with Gasteiger partial charge in [0.25, 0.3) is 0 Å². The van der Waals surface area contributed by atoms with E-state index in [-0.39, 0.29) is 5.56 Å². The molecule has 1 heterocycles. The molecule has 0 saturated carbocycles. The lowest BCUT2D eigenvalue weighted by Crippen LogP contribution is -2.22. The molecule has 3 nitrogen and oxygen atoms in total. The second-order valence-electron chi connectivity index (χ2n) is 2.42. The van der Waals surface area contributed by atoms with Crippen LogP contribution in [0.3, 0.4) is 0 Å².